The number of hydrogen-bond acceptors (Lipinski definition) is 2. The highest BCUT2D eigenvalue weighted by Gasteiger charge is 2.22. The van der Waals surface area contributed by atoms with Crippen LogP contribution in [0.5, 0.6) is 0 Å². The molecule has 0 heterocycles. The summed E-state index contributed by atoms with van der Waals surface area (Å²) in [6, 6.07) is 0.200. The SMILES string of the molecule is CCC(N=C(Br)C(C)=O)C(C)(C)C. The van der Waals surface area contributed by atoms with Gasteiger partial charge in [-0.15, -0.1) is 0 Å². The van der Waals surface area contributed by atoms with E-state index in [9.17, 15) is 4.79 Å². The monoisotopic (exact) mass is 247 g/mol. The van der Waals surface area contributed by atoms with Gasteiger partial charge in [0.15, 0.2) is 5.78 Å². The molecule has 0 aliphatic heterocycles. The molecule has 0 bridgehead atoms. The van der Waals surface area contributed by atoms with Gasteiger partial charge < -0.3 is 0 Å². The number of Topliss-reactive ketones (excluding diaryl/α,β-unsaturated/α-hetero) is 1. The molecule has 0 N–H and O–H groups in total. The van der Waals surface area contributed by atoms with Gasteiger partial charge in [0, 0.05) is 6.92 Å². The molecule has 1 atom stereocenters. The minimum atomic E-state index is -0.0114. The maximum absolute atomic E-state index is 10.9. The molecular weight excluding hydrogens is 230 g/mol. The van der Waals surface area contributed by atoms with Crippen LogP contribution in [0.3, 0.4) is 0 Å². The fourth-order valence-electron chi connectivity index (χ4n) is 1.13. The quantitative estimate of drug-likeness (QED) is 0.705. The third-order valence-corrected chi connectivity index (χ3v) is 2.71. The number of carbonyl (C=O) groups excluding carboxylic acids is 1. The number of ketones is 1. The molecule has 0 aliphatic carbocycles. The van der Waals surface area contributed by atoms with Gasteiger partial charge >= 0.3 is 0 Å². The number of carbonyl (C=O) groups is 1. The van der Waals surface area contributed by atoms with Crippen molar-refractivity contribution in [1.29, 1.82) is 0 Å². The summed E-state index contributed by atoms with van der Waals surface area (Å²) in [5, 5.41) is 0. The highest BCUT2D eigenvalue weighted by atomic mass is 79.9. The first-order chi connectivity index (χ1) is 5.79. The van der Waals surface area contributed by atoms with Crippen molar-refractivity contribution in [1.82, 2.24) is 0 Å². The zero-order valence-corrected chi connectivity index (χ0v) is 10.6. The summed E-state index contributed by atoms with van der Waals surface area (Å²) in [6.45, 7) is 9.99. The van der Waals surface area contributed by atoms with E-state index in [0.717, 1.165) is 6.42 Å². The molecule has 0 aromatic heterocycles. The number of nitrogens with zero attached hydrogens (tertiary/aromatic N) is 1. The smallest absolute Gasteiger partial charge is 0.184 e. The van der Waals surface area contributed by atoms with Gasteiger partial charge in [0.1, 0.15) is 4.62 Å². The number of rotatable bonds is 3. The van der Waals surface area contributed by atoms with Gasteiger partial charge in [0.25, 0.3) is 0 Å². The van der Waals surface area contributed by atoms with Crippen molar-refractivity contribution in [3.8, 4) is 0 Å². The topological polar surface area (TPSA) is 29.4 Å². The Kier molecular flexibility index (Phi) is 4.82. The van der Waals surface area contributed by atoms with E-state index in [2.05, 4.69) is 48.6 Å². The molecule has 2 nitrogen and oxygen atoms in total. The van der Waals surface area contributed by atoms with E-state index in [1.165, 1.54) is 6.92 Å². The molecule has 0 aromatic carbocycles. The summed E-state index contributed by atoms with van der Waals surface area (Å²) in [5.74, 6) is -0.0114. The van der Waals surface area contributed by atoms with Crippen LogP contribution in [0.25, 0.3) is 0 Å². The second-order valence-electron chi connectivity index (χ2n) is 4.27. The Morgan fingerprint density at radius 3 is 2.15 bits per heavy atom. The summed E-state index contributed by atoms with van der Waals surface area (Å²) < 4.78 is 0.453. The molecule has 1 unspecified atom stereocenters. The van der Waals surface area contributed by atoms with Crippen LogP contribution < -0.4 is 0 Å². The molecule has 0 aromatic rings. The zero-order chi connectivity index (χ0) is 10.6. The van der Waals surface area contributed by atoms with Crippen LogP contribution in [0.1, 0.15) is 41.0 Å². The van der Waals surface area contributed by atoms with E-state index >= 15 is 0 Å². The van der Waals surface area contributed by atoms with Crippen LogP contribution in [-0.4, -0.2) is 16.4 Å². The van der Waals surface area contributed by atoms with Gasteiger partial charge in [-0.1, -0.05) is 27.7 Å². The van der Waals surface area contributed by atoms with Gasteiger partial charge in [-0.3, -0.25) is 9.79 Å². The Balaban J connectivity index is 4.64. The summed E-state index contributed by atoms with van der Waals surface area (Å²) in [7, 11) is 0. The van der Waals surface area contributed by atoms with Crippen molar-refractivity contribution >= 4 is 26.3 Å². The van der Waals surface area contributed by atoms with E-state index < -0.39 is 0 Å². The Morgan fingerprint density at radius 2 is 1.92 bits per heavy atom. The number of aliphatic imine (C=N–C) groups is 1. The molecule has 0 aliphatic rings. The predicted molar refractivity (Wildman–Crippen MR) is 60.6 cm³/mol. The minimum absolute atomic E-state index is 0.0114. The molecule has 76 valence electrons. The molecule has 0 spiro atoms. The second kappa shape index (κ2) is 4.89. The fourth-order valence-corrected chi connectivity index (χ4v) is 1.37. The summed E-state index contributed by atoms with van der Waals surface area (Å²) in [4.78, 5) is 15.3. The van der Waals surface area contributed by atoms with Crippen molar-refractivity contribution in [3.63, 3.8) is 0 Å². The fraction of sp³-hybridized carbons (Fsp3) is 0.800. The van der Waals surface area contributed by atoms with Crippen LogP contribution in [0.2, 0.25) is 0 Å². The highest BCUT2D eigenvalue weighted by molar-refractivity contribution is 9.19. The van der Waals surface area contributed by atoms with Gasteiger partial charge in [0.2, 0.25) is 0 Å². The summed E-state index contributed by atoms with van der Waals surface area (Å²) >= 11 is 3.18. The van der Waals surface area contributed by atoms with Gasteiger partial charge in [-0.05, 0) is 27.8 Å². The van der Waals surface area contributed by atoms with E-state index in [1.807, 2.05) is 0 Å². The third kappa shape index (κ3) is 4.55. The molecule has 0 fully saturated rings. The standard InChI is InChI=1S/C10H18BrNO/c1-6-8(10(3,4)5)12-9(11)7(2)13/h8H,6H2,1-5H3. The van der Waals surface area contributed by atoms with Crippen LogP contribution in [0.15, 0.2) is 4.99 Å². The second-order valence-corrected chi connectivity index (χ2v) is 5.02. The lowest BCUT2D eigenvalue weighted by Gasteiger charge is -2.26. The number of halogens is 1. The lowest BCUT2D eigenvalue weighted by Crippen LogP contribution is -2.25. The molecule has 0 amide bonds. The largest absolute Gasteiger partial charge is 0.292 e. The van der Waals surface area contributed by atoms with Crippen molar-refractivity contribution in [2.45, 2.75) is 47.1 Å². The molecule has 0 saturated carbocycles. The maximum atomic E-state index is 10.9. The van der Waals surface area contributed by atoms with Crippen molar-refractivity contribution in [2.75, 3.05) is 0 Å². The lowest BCUT2D eigenvalue weighted by molar-refractivity contribution is -0.110. The molecule has 0 rings (SSSR count). The molecular formula is C10H18BrNO. The Labute approximate surface area is 88.9 Å². The minimum Gasteiger partial charge on any atom is -0.292 e. The summed E-state index contributed by atoms with van der Waals surface area (Å²) in [5.41, 5.74) is 0.114. The molecule has 0 radical (unpaired) electrons. The predicted octanol–water partition coefficient (Wildman–Crippen LogP) is 3.19. The van der Waals surface area contributed by atoms with E-state index in [0.29, 0.717) is 4.62 Å². The van der Waals surface area contributed by atoms with Crippen LogP contribution in [-0.2, 0) is 4.79 Å². The third-order valence-electron chi connectivity index (χ3n) is 1.95. The van der Waals surface area contributed by atoms with Crippen molar-refractivity contribution in [2.24, 2.45) is 10.4 Å². The van der Waals surface area contributed by atoms with E-state index in [-0.39, 0.29) is 17.2 Å². The van der Waals surface area contributed by atoms with Gasteiger partial charge in [-0.25, -0.2) is 0 Å². The first-order valence-electron chi connectivity index (χ1n) is 4.53. The van der Waals surface area contributed by atoms with Gasteiger partial charge in [-0.2, -0.15) is 0 Å². The Bertz CT molecular complexity index is 215. The molecule has 13 heavy (non-hydrogen) atoms. The van der Waals surface area contributed by atoms with E-state index in [1.54, 1.807) is 0 Å². The summed E-state index contributed by atoms with van der Waals surface area (Å²) in [6.07, 6.45) is 0.950. The van der Waals surface area contributed by atoms with Crippen molar-refractivity contribution < 1.29 is 4.79 Å². The lowest BCUT2D eigenvalue weighted by atomic mass is 9.86. The molecule has 0 saturated heterocycles. The van der Waals surface area contributed by atoms with Gasteiger partial charge in [0.05, 0.1) is 6.04 Å². The maximum Gasteiger partial charge on any atom is 0.184 e. The van der Waals surface area contributed by atoms with E-state index in [4.69, 9.17) is 0 Å². The Hall–Kier alpha value is -0.180. The zero-order valence-electron chi connectivity index (χ0n) is 9.02. The van der Waals surface area contributed by atoms with Crippen molar-refractivity contribution in [3.05, 3.63) is 0 Å². The first kappa shape index (κ1) is 12.8. The van der Waals surface area contributed by atoms with Crippen LogP contribution in [0.4, 0.5) is 0 Å². The number of hydrogen-bond donors (Lipinski definition) is 0. The average molecular weight is 248 g/mol. The molecule has 3 heteroatoms. The van der Waals surface area contributed by atoms with Crippen LogP contribution in [0, 0.1) is 5.41 Å². The van der Waals surface area contributed by atoms with Crippen LogP contribution >= 0.6 is 15.9 Å². The normalized spacial score (nSPS) is 15.7. The highest BCUT2D eigenvalue weighted by Crippen LogP contribution is 2.25. The Morgan fingerprint density at radius 1 is 1.46 bits per heavy atom. The average Bonchev–Trinajstić information content (AvgIpc) is 1.96. The first-order valence-corrected chi connectivity index (χ1v) is 5.32.